The van der Waals surface area contributed by atoms with Gasteiger partial charge >= 0.3 is 12.1 Å². The Morgan fingerprint density at radius 1 is 1.21 bits per heavy atom. The number of benzene rings is 1. The molecule has 0 bridgehead atoms. The summed E-state index contributed by atoms with van der Waals surface area (Å²) in [5.41, 5.74) is 2.10. The maximum atomic E-state index is 12.2. The lowest BCUT2D eigenvalue weighted by atomic mass is 10.3. The number of hydrogen-bond acceptors (Lipinski definition) is 5. The van der Waals surface area contributed by atoms with Gasteiger partial charge in [0.2, 0.25) is 0 Å². The van der Waals surface area contributed by atoms with E-state index in [2.05, 4.69) is 15.6 Å². The van der Waals surface area contributed by atoms with Crippen molar-refractivity contribution >= 4 is 34.8 Å². The van der Waals surface area contributed by atoms with Gasteiger partial charge < -0.3 is 15.0 Å². The summed E-state index contributed by atoms with van der Waals surface area (Å²) in [6.07, 6.45) is -0.507. The minimum atomic E-state index is -0.507. The maximum Gasteiger partial charge on any atom is 0.411 e. The van der Waals surface area contributed by atoms with E-state index in [0.717, 1.165) is 10.7 Å². The van der Waals surface area contributed by atoms with Gasteiger partial charge in [-0.2, -0.15) is 0 Å². The van der Waals surface area contributed by atoms with E-state index in [4.69, 9.17) is 4.74 Å². The predicted octanol–water partition coefficient (Wildman–Crippen LogP) is 3.68. The SMILES string of the molecule is CCOC(=O)Nc1ccc(NC(=O)N(C)Cc2csc(C)n2)cc1. The highest BCUT2D eigenvalue weighted by Gasteiger charge is 2.11. The van der Waals surface area contributed by atoms with Crippen LogP contribution in [0.2, 0.25) is 0 Å². The van der Waals surface area contributed by atoms with Crippen LogP contribution in [0.5, 0.6) is 0 Å². The molecule has 0 spiro atoms. The molecule has 0 aliphatic heterocycles. The van der Waals surface area contributed by atoms with Crippen LogP contribution in [0.15, 0.2) is 29.6 Å². The molecule has 0 radical (unpaired) electrons. The molecule has 2 rings (SSSR count). The third-order valence-corrected chi connectivity index (χ3v) is 3.89. The van der Waals surface area contributed by atoms with Gasteiger partial charge in [-0.05, 0) is 38.1 Å². The molecule has 0 atom stereocenters. The maximum absolute atomic E-state index is 12.2. The van der Waals surface area contributed by atoms with Crippen LogP contribution in [0.1, 0.15) is 17.6 Å². The van der Waals surface area contributed by atoms with Gasteiger partial charge in [0.05, 0.1) is 23.9 Å². The molecule has 0 saturated heterocycles. The predicted molar refractivity (Wildman–Crippen MR) is 94.4 cm³/mol. The van der Waals surface area contributed by atoms with Crippen LogP contribution in [0, 0.1) is 6.92 Å². The van der Waals surface area contributed by atoms with E-state index in [-0.39, 0.29) is 6.03 Å². The molecule has 2 aromatic rings. The molecule has 1 heterocycles. The fraction of sp³-hybridized carbons (Fsp3) is 0.312. The molecule has 24 heavy (non-hydrogen) atoms. The van der Waals surface area contributed by atoms with Crippen molar-refractivity contribution in [1.29, 1.82) is 0 Å². The number of rotatable bonds is 5. The van der Waals surface area contributed by atoms with Crippen LogP contribution in [0.4, 0.5) is 21.0 Å². The molecule has 3 amide bonds. The Kier molecular flexibility index (Phi) is 6.14. The summed E-state index contributed by atoms with van der Waals surface area (Å²) in [6, 6.07) is 6.57. The van der Waals surface area contributed by atoms with E-state index >= 15 is 0 Å². The summed E-state index contributed by atoms with van der Waals surface area (Å²) >= 11 is 1.56. The Morgan fingerprint density at radius 3 is 2.38 bits per heavy atom. The van der Waals surface area contributed by atoms with Crippen LogP contribution in [-0.2, 0) is 11.3 Å². The molecule has 0 fully saturated rings. The molecule has 0 unspecified atom stereocenters. The first kappa shape index (κ1) is 17.7. The van der Waals surface area contributed by atoms with Crippen LogP contribution >= 0.6 is 11.3 Å². The Balaban J connectivity index is 1.88. The number of amides is 3. The molecule has 0 saturated carbocycles. The summed E-state index contributed by atoms with van der Waals surface area (Å²) in [5.74, 6) is 0. The number of carbonyl (C=O) groups is 2. The van der Waals surface area contributed by atoms with Crippen molar-refractivity contribution in [3.63, 3.8) is 0 Å². The lowest BCUT2D eigenvalue weighted by Gasteiger charge is -2.17. The summed E-state index contributed by atoms with van der Waals surface area (Å²) in [4.78, 5) is 29.4. The smallest absolute Gasteiger partial charge is 0.411 e. The zero-order chi connectivity index (χ0) is 17.5. The topological polar surface area (TPSA) is 83.6 Å². The first-order valence-corrected chi connectivity index (χ1v) is 8.33. The van der Waals surface area contributed by atoms with Gasteiger partial charge in [0.1, 0.15) is 0 Å². The zero-order valence-corrected chi connectivity index (χ0v) is 14.6. The average molecular weight is 348 g/mol. The highest BCUT2D eigenvalue weighted by molar-refractivity contribution is 7.09. The molecule has 0 aliphatic rings. The molecular formula is C16H20N4O3S. The van der Waals surface area contributed by atoms with Crippen molar-refractivity contribution in [2.24, 2.45) is 0 Å². The third kappa shape index (κ3) is 5.24. The van der Waals surface area contributed by atoms with E-state index in [1.807, 2.05) is 12.3 Å². The summed E-state index contributed by atoms with van der Waals surface area (Å²) in [5, 5.41) is 8.30. The number of anilines is 2. The van der Waals surface area contributed by atoms with E-state index in [1.165, 1.54) is 0 Å². The van der Waals surface area contributed by atoms with Gasteiger partial charge in [0.15, 0.2) is 0 Å². The van der Waals surface area contributed by atoms with E-state index in [0.29, 0.717) is 24.5 Å². The second-order valence-corrected chi connectivity index (χ2v) is 6.13. The summed E-state index contributed by atoms with van der Waals surface area (Å²) in [7, 11) is 1.71. The van der Waals surface area contributed by atoms with Gasteiger partial charge in [0.25, 0.3) is 0 Å². The van der Waals surface area contributed by atoms with Crippen molar-refractivity contribution in [2.45, 2.75) is 20.4 Å². The average Bonchev–Trinajstić information content (AvgIpc) is 2.94. The van der Waals surface area contributed by atoms with Crippen molar-refractivity contribution in [3.05, 3.63) is 40.3 Å². The van der Waals surface area contributed by atoms with Gasteiger partial charge in [-0.25, -0.2) is 14.6 Å². The number of nitrogens with one attached hydrogen (secondary N) is 2. The first-order chi connectivity index (χ1) is 11.5. The van der Waals surface area contributed by atoms with Gasteiger partial charge in [-0.15, -0.1) is 11.3 Å². The van der Waals surface area contributed by atoms with Gasteiger partial charge in [0, 0.05) is 23.8 Å². The first-order valence-electron chi connectivity index (χ1n) is 7.45. The molecule has 1 aromatic carbocycles. The van der Waals surface area contributed by atoms with Crippen LogP contribution in [0.25, 0.3) is 0 Å². The zero-order valence-electron chi connectivity index (χ0n) is 13.8. The van der Waals surface area contributed by atoms with Crippen molar-refractivity contribution in [3.8, 4) is 0 Å². The Labute approximate surface area is 144 Å². The number of aryl methyl sites for hydroxylation is 1. The summed E-state index contributed by atoms with van der Waals surface area (Å²) < 4.78 is 4.80. The van der Waals surface area contributed by atoms with Crippen molar-refractivity contribution in [1.82, 2.24) is 9.88 Å². The molecule has 8 heteroatoms. The second kappa shape index (κ2) is 8.30. The molecule has 0 aliphatic carbocycles. The fourth-order valence-corrected chi connectivity index (χ4v) is 2.54. The van der Waals surface area contributed by atoms with E-state index in [1.54, 1.807) is 54.5 Å². The lowest BCUT2D eigenvalue weighted by Crippen LogP contribution is -2.30. The lowest BCUT2D eigenvalue weighted by molar-refractivity contribution is 0.168. The molecule has 2 N–H and O–H groups in total. The number of nitrogens with zero attached hydrogens (tertiary/aromatic N) is 2. The third-order valence-electron chi connectivity index (χ3n) is 3.07. The largest absolute Gasteiger partial charge is 0.450 e. The normalized spacial score (nSPS) is 10.1. The minimum absolute atomic E-state index is 0.230. The Morgan fingerprint density at radius 2 is 1.83 bits per heavy atom. The number of aromatic nitrogens is 1. The second-order valence-electron chi connectivity index (χ2n) is 5.07. The quantitative estimate of drug-likeness (QED) is 0.863. The van der Waals surface area contributed by atoms with Crippen LogP contribution in [0.3, 0.4) is 0 Å². The van der Waals surface area contributed by atoms with Gasteiger partial charge in [-0.1, -0.05) is 0 Å². The monoisotopic (exact) mass is 348 g/mol. The van der Waals surface area contributed by atoms with Crippen LogP contribution in [-0.4, -0.2) is 35.7 Å². The molecule has 7 nitrogen and oxygen atoms in total. The van der Waals surface area contributed by atoms with E-state index < -0.39 is 6.09 Å². The Hall–Kier alpha value is -2.61. The Bertz CT molecular complexity index is 700. The highest BCUT2D eigenvalue weighted by atomic mass is 32.1. The minimum Gasteiger partial charge on any atom is -0.450 e. The standard InChI is InChI=1S/C16H20N4O3S/c1-4-23-16(22)19-13-7-5-12(6-8-13)18-15(21)20(3)9-14-10-24-11(2)17-14/h5-8,10H,4,9H2,1-3H3,(H,18,21)(H,19,22). The number of urea groups is 1. The van der Waals surface area contributed by atoms with Crippen molar-refractivity contribution < 1.29 is 14.3 Å². The molecule has 128 valence electrons. The van der Waals surface area contributed by atoms with Gasteiger partial charge in [-0.3, -0.25) is 5.32 Å². The molecule has 1 aromatic heterocycles. The van der Waals surface area contributed by atoms with E-state index in [9.17, 15) is 9.59 Å². The number of carbonyl (C=O) groups excluding carboxylic acids is 2. The van der Waals surface area contributed by atoms with Crippen molar-refractivity contribution in [2.75, 3.05) is 24.3 Å². The fourth-order valence-electron chi connectivity index (χ4n) is 1.94. The summed E-state index contributed by atoms with van der Waals surface area (Å²) in [6.45, 7) is 4.42. The highest BCUT2D eigenvalue weighted by Crippen LogP contribution is 2.15. The van der Waals surface area contributed by atoms with Crippen LogP contribution < -0.4 is 10.6 Å². The number of ether oxygens (including phenoxy) is 1. The molecular weight excluding hydrogens is 328 g/mol. The number of hydrogen-bond donors (Lipinski definition) is 2. The number of thiazole rings is 1.